The highest BCUT2D eigenvalue weighted by molar-refractivity contribution is 7.09. The van der Waals surface area contributed by atoms with E-state index in [0.29, 0.717) is 0 Å². The van der Waals surface area contributed by atoms with Crippen molar-refractivity contribution < 1.29 is 14.7 Å². The molecule has 1 aliphatic carbocycles. The van der Waals surface area contributed by atoms with Gasteiger partial charge in [-0.15, -0.1) is 0 Å². The highest BCUT2D eigenvalue weighted by atomic mass is 32.1. The maximum Gasteiger partial charge on any atom is 0.326 e. The van der Waals surface area contributed by atoms with E-state index in [4.69, 9.17) is 5.11 Å². The molecule has 0 aromatic carbocycles. The number of aromatic nitrogens is 3. The van der Waals surface area contributed by atoms with E-state index in [2.05, 4.69) is 25.4 Å². The molecule has 1 aromatic rings. The summed E-state index contributed by atoms with van der Waals surface area (Å²) >= 11 is 0.919. The summed E-state index contributed by atoms with van der Waals surface area (Å²) < 4.78 is 3.46. The molecule has 2 amide bonds. The molecule has 1 heterocycles. The second kappa shape index (κ2) is 4.39. The van der Waals surface area contributed by atoms with Crippen LogP contribution >= 0.6 is 11.5 Å². The van der Waals surface area contributed by atoms with E-state index in [1.54, 1.807) is 0 Å². The molecular formula is C7H9N5O3S. The second-order valence-electron chi connectivity index (χ2n) is 3.42. The van der Waals surface area contributed by atoms with Crippen molar-refractivity contribution in [1.29, 1.82) is 0 Å². The molecule has 1 atom stereocenters. The van der Waals surface area contributed by atoms with Crippen LogP contribution in [0.15, 0.2) is 0 Å². The monoisotopic (exact) mass is 243 g/mol. The van der Waals surface area contributed by atoms with Crippen LogP contribution in [0.1, 0.15) is 12.8 Å². The molecule has 16 heavy (non-hydrogen) atoms. The van der Waals surface area contributed by atoms with Crippen LogP contribution in [0.3, 0.4) is 0 Å². The van der Waals surface area contributed by atoms with Gasteiger partial charge in [-0.3, -0.25) is 5.32 Å². The lowest BCUT2D eigenvalue weighted by atomic mass is 10.2. The number of hydrogen-bond acceptors (Lipinski definition) is 6. The van der Waals surface area contributed by atoms with Crippen molar-refractivity contribution in [2.45, 2.75) is 18.9 Å². The second-order valence-corrected chi connectivity index (χ2v) is 4.15. The first-order valence-electron chi connectivity index (χ1n) is 4.62. The minimum absolute atomic E-state index is 0.0378. The van der Waals surface area contributed by atoms with Gasteiger partial charge in [0.05, 0.1) is 0 Å². The lowest BCUT2D eigenvalue weighted by Crippen LogP contribution is -2.44. The van der Waals surface area contributed by atoms with Crippen LogP contribution < -0.4 is 10.6 Å². The van der Waals surface area contributed by atoms with E-state index in [9.17, 15) is 9.59 Å². The molecule has 0 spiro atoms. The summed E-state index contributed by atoms with van der Waals surface area (Å²) in [6.07, 6.45) is 1.66. The fourth-order valence-corrected chi connectivity index (χ4v) is 1.63. The third kappa shape index (κ3) is 2.63. The maximum atomic E-state index is 11.4. The molecule has 1 saturated carbocycles. The molecule has 3 N–H and O–H groups in total. The number of aliphatic carboxylic acids is 1. The number of nitrogens with zero attached hydrogens (tertiary/aromatic N) is 3. The van der Waals surface area contributed by atoms with Gasteiger partial charge in [-0.1, -0.05) is 9.59 Å². The largest absolute Gasteiger partial charge is 0.480 e. The number of amides is 2. The number of carboxylic acid groups (broad SMARTS) is 1. The van der Waals surface area contributed by atoms with E-state index in [0.717, 1.165) is 24.4 Å². The molecule has 0 bridgehead atoms. The summed E-state index contributed by atoms with van der Waals surface area (Å²) in [5.74, 6) is -0.983. The van der Waals surface area contributed by atoms with Crippen molar-refractivity contribution in [1.82, 2.24) is 20.1 Å². The minimum atomic E-state index is -1.02. The van der Waals surface area contributed by atoms with Crippen LogP contribution in [0, 0.1) is 5.92 Å². The average molecular weight is 243 g/mol. The van der Waals surface area contributed by atoms with Crippen molar-refractivity contribution in [3.05, 3.63) is 0 Å². The van der Waals surface area contributed by atoms with Crippen LogP contribution in [0.25, 0.3) is 0 Å². The Labute approximate surface area is 94.2 Å². The Morgan fingerprint density at radius 1 is 1.50 bits per heavy atom. The Hall–Kier alpha value is -1.77. The zero-order chi connectivity index (χ0) is 11.5. The third-order valence-electron chi connectivity index (χ3n) is 2.17. The number of nitrogens with one attached hydrogen (secondary N) is 2. The van der Waals surface area contributed by atoms with Crippen molar-refractivity contribution >= 4 is 28.7 Å². The van der Waals surface area contributed by atoms with Gasteiger partial charge in [0, 0.05) is 11.5 Å². The lowest BCUT2D eigenvalue weighted by molar-refractivity contribution is -0.139. The fourth-order valence-electron chi connectivity index (χ4n) is 1.27. The van der Waals surface area contributed by atoms with E-state index >= 15 is 0 Å². The number of anilines is 1. The van der Waals surface area contributed by atoms with Gasteiger partial charge in [-0.2, -0.15) is 0 Å². The summed E-state index contributed by atoms with van der Waals surface area (Å²) in [4.78, 5) is 22.2. The van der Waals surface area contributed by atoms with Crippen molar-refractivity contribution in [3.8, 4) is 0 Å². The molecule has 9 heteroatoms. The van der Waals surface area contributed by atoms with Crippen LogP contribution in [0.4, 0.5) is 9.93 Å². The Morgan fingerprint density at radius 2 is 2.25 bits per heavy atom. The summed E-state index contributed by atoms with van der Waals surface area (Å²) in [5, 5.41) is 20.7. The maximum absolute atomic E-state index is 11.4. The zero-order valence-electron chi connectivity index (χ0n) is 8.08. The van der Waals surface area contributed by atoms with Gasteiger partial charge < -0.3 is 10.4 Å². The Morgan fingerprint density at radius 3 is 2.75 bits per heavy atom. The first-order valence-corrected chi connectivity index (χ1v) is 5.39. The van der Waals surface area contributed by atoms with Crippen LogP contribution in [-0.2, 0) is 4.79 Å². The highest BCUT2D eigenvalue weighted by Gasteiger charge is 2.37. The molecule has 0 saturated heterocycles. The number of carboxylic acids is 1. The van der Waals surface area contributed by atoms with Gasteiger partial charge in [0.1, 0.15) is 6.04 Å². The lowest BCUT2D eigenvalue weighted by Gasteiger charge is -2.12. The number of carbonyl (C=O) groups is 2. The number of urea groups is 1. The van der Waals surface area contributed by atoms with Crippen molar-refractivity contribution in [2.24, 2.45) is 5.92 Å². The van der Waals surface area contributed by atoms with Crippen molar-refractivity contribution in [2.75, 3.05) is 5.32 Å². The van der Waals surface area contributed by atoms with Gasteiger partial charge in [-0.05, 0) is 24.0 Å². The molecule has 1 aromatic heterocycles. The molecule has 0 radical (unpaired) electrons. The standard InChI is InChI=1S/C7H9N5O3S/c13-5(14)4(3-1-2-3)8-6(15)9-7-10-11-12-16-7/h3-4H,1-2H2,(H,13,14)(H2,8,9,10,12,15). The molecule has 86 valence electrons. The number of hydrogen-bond donors (Lipinski definition) is 3. The smallest absolute Gasteiger partial charge is 0.326 e. The SMILES string of the molecule is O=C(Nc1nnns1)NC(C(=O)O)C1CC1. The molecule has 0 aliphatic heterocycles. The summed E-state index contributed by atoms with van der Waals surface area (Å²) in [6.45, 7) is 0. The Kier molecular flexibility index (Phi) is 2.95. The predicted molar refractivity (Wildman–Crippen MR) is 54.0 cm³/mol. The van der Waals surface area contributed by atoms with Crippen molar-refractivity contribution in [3.63, 3.8) is 0 Å². The summed E-state index contributed by atoms with van der Waals surface area (Å²) in [5.41, 5.74) is 0. The molecular weight excluding hydrogens is 234 g/mol. The quantitative estimate of drug-likeness (QED) is 0.680. The summed E-state index contributed by atoms with van der Waals surface area (Å²) in [7, 11) is 0. The fraction of sp³-hybridized carbons (Fsp3) is 0.571. The number of carbonyl (C=O) groups excluding carboxylic acids is 1. The van der Waals surface area contributed by atoms with Gasteiger partial charge in [0.15, 0.2) is 0 Å². The van der Waals surface area contributed by atoms with Gasteiger partial charge in [0.2, 0.25) is 5.13 Å². The van der Waals surface area contributed by atoms with Gasteiger partial charge in [0.25, 0.3) is 0 Å². The average Bonchev–Trinajstić information content (AvgIpc) is 2.94. The first kappa shape index (κ1) is 10.7. The molecule has 1 unspecified atom stereocenters. The van der Waals surface area contributed by atoms with Crippen LogP contribution in [0.5, 0.6) is 0 Å². The van der Waals surface area contributed by atoms with Gasteiger partial charge >= 0.3 is 12.0 Å². The van der Waals surface area contributed by atoms with E-state index in [1.165, 1.54) is 0 Å². The topological polar surface area (TPSA) is 117 Å². The van der Waals surface area contributed by atoms with Crippen LogP contribution in [-0.4, -0.2) is 37.9 Å². The normalized spacial score (nSPS) is 16.5. The van der Waals surface area contributed by atoms with E-state index < -0.39 is 18.0 Å². The molecule has 1 aliphatic rings. The molecule has 8 nitrogen and oxygen atoms in total. The molecule has 2 rings (SSSR count). The zero-order valence-corrected chi connectivity index (χ0v) is 8.90. The number of rotatable bonds is 4. The van der Waals surface area contributed by atoms with E-state index in [-0.39, 0.29) is 11.0 Å². The predicted octanol–water partition coefficient (Wildman–Crippen LogP) is -0.0822. The third-order valence-corrected chi connectivity index (χ3v) is 2.68. The van der Waals surface area contributed by atoms with Crippen LogP contribution in [0.2, 0.25) is 0 Å². The minimum Gasteiger partial charge on any atom is -0.480 e. The summed E-state index contributed by atoms with van der Waals surface area (Å²) in [6, 6.07) is -1.43. The van der Waals surface area contributed by atoms with Gasteiger partial charge in [-0.25, -0.2) is 9.59 Å². The first-order chi connectivity index (χ1) is 7.66. The Bertz CT molecular complexity index is 391. The highest BCUT2D eigenvalue weighted by Crippen LogP contribution is 2.32. The van der Waals surface area contributed by atoms with E-state index in [1.807, 2.05) is 0 Å². The Balaban J connectivity index is 1.88. The molecule has 1 fully saturated rings.